The molecule has 0 saturated heterocycles. The second-order valence-corrected chi connectivity index (χ2v) is 4.94. The molecule has 1 aliphatic rings. The van der Waals surface area contributed by atoms with Crippen molar-refractivity contribution in [3.05, 3.63) is 28.8 Å². The number of aldehydes is 1. The summed E-state index contributed by atoms with van der Waals surface area (Å²) in [4.78, 5) is 23.7. The van der Waals surface area contributed by atoms with Crippen LogP contribution in [0.15, 0.2) is 18.2 Å². The first-order chi connectivity index (χ1) is 8.52. The van der Waals surface area contributed by atoms with E-state index in [1.807, 2.05) is 0 Å². The van der Waals surface area contributed by atoms with E-state index < -0.39 is 0 Å². The predicted molar refractivity (Wildman–Crippen MR) is 68.1 cm³/mol. The largest absolute Gasteiger partial charge is 0.490 e. The summed E-state index contributed by atoms with van der Waals surface area (Å²) in [5.74, 6) is 0.431. The maximum Gasteiger partial charge on any atom is 0.254 e. The molecule has 2 atom stereocenters. The van der Waals surface area contributed by atoms with Crippen LogP contribution in [0, 0.1) is 5.92 Å². The Morgan fingerprint density at radius 3 is 2.72 bits per heavy atom. The summed E-state index contributed by atoms with van der Waals surface area (Å²) >= 11 is 6.05. The summed E-state index contributed by atoms with van der Waals surface area (Å²) in [5, 5.41) is 0.356. The average Bonchev–Trinajstić information content (AvgIpc) is 3.06. The van der Waals surface area contributed by atoms with Gasteiger partial charge in [-0.05, 0) is 24.6 Å². The Bertz CT molecular complexity index is 487. The summed E-state index contributed by atoms with van der Waals surface area (Å²) in [6.07, 6.45) is 1.60. The van der Waals surface area contributed by atoms with Crippen LogP contribution in [0.25, 0.3) is 0 Å². The fourth-order valence-electron chi connectivity index (χ4n) is 1.63. The van der Waals surface area contributed by atoms with Crippen LogP contribution < -0.4 is 4.74 Å². The van der Waals surface area contributed by atoms with E-state index in [9.17, 15) is 9.59 Å². The molecule has 4 nitrogen and oxygen atoms in total. The van der Waals surface area contributed by atoms with E-state index in [0.717, 1.165) is 12.7 Å². The van der Waals surface area contributed by atoms with Crippen LogP contribution in [-0.2, 0) is 4.79 Å². The number of benzene rings is 1. The third-order valence-corrected chi connectivity index (χ3v) is 3.13. The van der Waals surface area contributed by atoms with Crippen molar-refractivity contribution in [3.63, 3.8) is 0 Å². The molecule has 96 valence electrons. The lowest BCUT2D eigenvalue weighted by Gasteiger charge is -2.12. The van der Waals surface area contributed by atoms with Gasteiger partial charge < -0.3 is 14.4 Å². The van der Waals surface area contributed by atoms with Gasteiger partial charge in [-0.3, -0.25) is 4.79 Å². The Morgan fingerprint density at radius 1 is 1.50 bits per heavy atom. The maximum absolute atomic E-state index is 11.8. The zero-order valence-electron chi connectivity index (χ0n) is 10.2. The highest BCUT2D eigenvalue weighted by atomic mass is 35.5. The normalized spacial score (nSPS) is 21.3. The van der Waals surface area contributed by atoms with Gasteiger partial charge >= 0.3 is 0 Å². The molecule has 1 aliphatic carbocycles. The van der Waals surface area contributed by atoms with Gasteiger partial charge in [0.1, 0.15) is 18.1 Å². The summed E-state index contributed by atoms with van der Waals surface area (Å²) in [5.41, 5.74) is 0.441. The van der Waals surface area contributed by atoms with Crippen molar-refractivity contribution in [3.8, 4) is 5.75 Å². The lowest BCUT2D eigenvalue weighted by Crippen LogP contribution is -2.21. The molecule has 0 unspecified atom stereocenters. The Kier molecular flexibility index (Phi) is 3.57. The number of halogens is 1. The lowest BCUT2D eigenvalue weighted by atomic mass is 10.2. The highest BCUT2D eigenvalue weighted by Crippen LogP contribution is 2.34. The minimum atomic E-state index is -0.149. The van der Waals surface area contributed by atoms with E-state index >= 15 is 0 Å². The van der Waals surface area contributed by atoms with Gasteiger partial charge in [-0.2, -0.15) is 0 Å². The molecule has 1 fully saturated rings. The quantitative estimate of drug-likeness (QED) is 0.784. The van der Waals surface area contributed by atoms with Crippen LogP contribution in [0.5, 0.6) is 5.75 Å². The Labute approximate surface area is 110 Å². The molecule has 1 aromatic rings. The summed E-state index contributed by atoms with van der Waals surface area (Å²) in [6.45, 7) is 0. The van der Waals surface area contributed by atoms with Crippen molar-refractivity contribution in [1.29, 1.82) is 0 Å². The van der Waals surface area contributed by atoms with Gasteiger partial charge in [0.2, 0.25) is 0 Å². The van der Waals surface area contributed by atoms with E-state index in [1.54, 1.807) is 32.3 Å². The van der Waals surface area contributed by atoms with E-state index in [1.165, 1.54) is 4.90 Å². The number of ether oxygens (including phenoxy) is 1. The van der Waals surface area contributed by atoms with Crippen LogP contribution in [-0.4, -0.2) is 37.3 Å². The number of hydrogen-bond donors (Lipinski definition) is 0. The number of rotatable bonds is 4. The van der Waals surface area contributed by atoms with Crippen LogP contribution in [0.1, 0.15) is 16.8 Å². The van der Waals surface area contributed by atoms with Gasteiger partial charge in [0.05, 0.1) is 16.5 Å². The van der Waals surface area contributed by atoms with Gasteiger partial charge in [0, 0.05) is 14.1 Å². The molecule has 1 saturated carbocycles. The Balaban J connectivity index is 2.10. The molecule has 0 N–H and O–H groups in total. The van der Waals surface area contributed by atoms with Crippen molar-refractivity contribution in [2.24, 2.45) is 5.92 Å². The van der Waals surface area contributed by atoms with E-state index in [4.69, 9.17) is 16.3 Å². The molecule has 0 heterocycles. The lowest BCUT2D eigenvalue weighted by molar-refractivity contribution is -0.109. The van der Waals surface area contributed by atoms with Crippen molar-refractivity contribution < 1.29 is 14.3 Å². The molecule has 0 spiro atoms. The monoisotopic (exact) mass is 267 g/mol. The molecule has 1 aromatic carbocycles. The number of amides is 1. The minimum Gasteiger partial charge on any atom is -0.490 e. The van der Waals surface area contributed by atoms with Crippen LogP contribution >= 0.6 is 11.6 Å². The fraction of sp³-hybridized carbons (Fsp3) is 0.385. The van der Waals surface area contributed by atoms with Crippen LogP contribution in [0.4, 0.5) is 0 Å². The molecular weight excluding hydrogens is 254 g/mol. The highest BCUT2D eigenvalue weighted by molar-refractivity contribution is 6.34. The SMILES string of the molecule is CN(C)C(=O)c1ccc(O[C@@H]2C[C@H]2C=O)cc1Cl. The maximum atomic E-state index is 11.8. The van der Waals surface area contributed by atoms with Crippen molar-refractivity contribution >= 4 is 23.8 Å². The third-order valence-electron chi connectivity index (χ3n) is 2.82. The zero-order valence-corrected chi connectivity index (χ0v) is 11.0. The van der Waals surface area contributed by atoms with Crippen molar-refractivity contribution in [1.82, 2.24) is 4.90 Å². The molecular formula is C13H14ClNO3. The van der Waals surface area contributed by atoms with Crippen LogP contribution in [0.3, 0.4) is 0 Å². The van der Waals surface area contributed by atoms with Gasteiger partial charge in [0.25, 0.3) is 5.91 Å². The van der Waals surface area contributed by atoms with E-state index in [0.29, 0.717) is 16.3 Å². The standard InChI is InChI=1S/C13H14ClNO3/c1-15(2)13(17)10-4-3-9(6-11(10)14)18-12-5-8(12)7-16/h3-4,6-8,12H,5H2,1-2H3/t8-,12+/m0/s1. The third kappa shape index (κ3) is 2.64. The number of carbonyl (C=O) groups is 2. The summed E-state index contributed by atoms with van der Waals surface area (Å²) < 4.78 is 5.56. The summed E-state index contributed by atoms with van der Waals surface area (Å²) in [6, 6.07) is 4.94. The minimum absolute atomic E-state index is 0.00754. The first kappa shape index (κ1) is 12.9. The molecule has 2 rings (SSSR count). The molecule has 1 amide bonds. The Hall–Kier alpha value is -1.55. The molecule has 0 aromatic heterocycles. The average molecular weight is 268 g/mol. The fourth-order valence-corrected chi connectivity index (χ4v) is 1.88. The molecule has 0 radical (unpaired) electrons. The predicted octanol–water partition coefficient (Wildman–Crippen LogP) is 2.01. The van der Waals surface area contributed by atoms with Crippen molar-refractivity contribution in [2.45, 2.75) is 12.5 Å². The topological polar surface area (TPSA) is 46.6 Å². The van der Waals surface area contributed by atoms with Gasteiger partial charge in [-0.1, -0.05) is 11.6 Å². The molecule has 5 heteroatoms. The highest BCUT2D eigenvalue weighted by Gasteiger charge is 2.39. The number of nitrogens with zero attached hydrogens (tertiary/aromatic N) is 1. The van der Waals surface area contributed by atoms with Gasteiger partial charge in [0.15, 0.2) is 0 Å². The smallest absolute Gasteiger partial charge is 0.254 e. The first-order valence-electron chi connectivity index (χ1n) is 5.66. The zero-order chi connectivity index (χ0) is 13.3. The summed E-state index contributed by atoms with van der Waals surface area (Å²) in [7, 11) is 3.34. The Morgan fingerprint density at radius 2 is 2.22 bits per heavy atom. The number of carbonyl (C=O) groups excluding carboxylic acids is 2. The molecule has 0 aliphatic heterocycles. The molecule has 0 bridgehead atoms. The van der Waals surface area contributed by atoms with Crippen molar-refractivity contribution in [2.75, 3.05) is 14.1 Å². The van der Waals surface area contributed by atoms with Gasteiger partial charge in [-0.25, -0.2) is 0 Å². The van der Waals surface area contributed by atoms with E-state index in [2.05, 4.69) is 0 Å². The van der Waals surface area contributed by atoms with Gasteiger partial charge in [-0.15, -0.1) is 0 Å². The molecule has 18 heavy (non-hydrogen) atoms. The second kappa shape index (κ2) is 4.98. The van der Waals surface area contributed by atoms with Crippen LogP contribution in [0.2, 0.25) is 5.02 Å². The second-order valence-electron chi connectivity index (χ2n) is 4.53. The number of hydrogen-bond acceptors (Lipinski definition) is 3. The van der Waals surface area contributed by atoms with E-state index in [-0.39, 0.29) is 17.9 Å². The first-order valence-corrected chi connectivity index (χ1v) is 6.04.